The van der Waals surface area contributed by atoms with Gasteiger partial charge >= 0.3 is 0 Å². The van der Waals surface area contributed by atoms with E-state index in [0.717, 1.165) is 5.56 Å². The molecule has 160 valence electrons. The van der Waals surface area contributed by atoms with Crippen LogP contribution in [0.1, 0.15) is 11.3 Å². The van der Waals surface area contributed by atoms with Crippen molar-refractivity contribution in [2.24, 2.45) is 0 Å². The molecule has 0 N–H and O–H groups in total. The molecule has 5 aromatic rings. The highest BCUT2D eigenvalue weighted by Gasteiger charge is 2.17. The van der Waals surface area contributed by atoms with Gasteiger partial charge in [0.25, 0.3) is 11.1 Å². The van der Waals surface area contributed by atoms with Crippen LogP contribution in [0.3, 0.4) is 0 Å². The maximum atomic E-state index is 13.5. The van der Waals surface area contributed by atoms with Crippen LogP contribution in [0, 0.1) is 6.92 Å². The fourth-order valence-corrected chi connectivity index (χ4v) is 5.13. The van der Waals surface area contributed by atoms with Crippen LogP contribution in [0.2, 0.25) is 0 Å². The largest absolute Gasteiger partial charge is 0.495 e. The van der Waals surface area contributed by atoms with Crippen molar-refractivity contribution in [1.29, 1.82) is 0 Å². The zero-order chi connectivity index (χ0) is 22.2. The maximum Gasteiger partial charge on any atom is 0.266 e. The molecule has 0 saturated heterocycles. The average Bonchev–Trinajstić information content (AvgIpc) is 3.27. The lowest BCUT2D eigenvalue weighted by Crippen LogP contribution is -2.22. The number of methoxy groups -OCH3 is 1. The van der Waals surface area contributed by atoms with E-state index in [2.05, 4.69) is 4.98 Å². The number of benzene rings is 2. The third-order valence-electron chi connectivity index (χ3n) is 5.03. The summed E-state index contributed by atoms with van der Waals surface area (Å²) >= 11 is 2.76. The Morgan fingerprint density at radius 2 is 1.94 bits per heavy atom. The predicted molar refractivity (Wildman–Crippen MR) is 128 cm³/mol. The molecule has 0 unspecified atom stereocenters. The Morgan fingerprint density at radius 1 is 1.09 bits per heavy atom. The molecule has 3 heterocycles. The van der Waals surface area contributed by atoms with Crippen LogP contribution < -0.4 is 15.9 Å². The number of nitrogens with zero attached hydrogens (tertiary/aromatic N) is 4. The minimum absolute atomic E-state index is 0.129. The van der Waals surface area contributed by atoms with E-state index in [1.54, 1.807) is 23.9 Å². The van der Waals surface area contributed by atoms with Crippen LogP contribution in [-0.2, 0) is 5.75 Å². The number of hydrogen-bond donors (Lipinski definition) is 0. The number of fused-ring (bicyclic) bond motifs is 2. The van der Waals surface area contributed by atoms with Gasteiger partial charge in [-0.15, -0.1) is 11.3 Å². The van der Waals surface area contributed by atoms with E-state index in [-0.39, 0.29) is 11.1 Å². The van der Waals surface area contributed by atoms with Gasteiger partial charge in [0.15, 0.2) is 10.1 Å². The Hall–Kier alpha value is -3.43. The quantitative estimate of drug-likeness (QED) is 0.290. The highest BCUT2D eigenvalue weighted by atomic mass is 32.2. The molecule has 0 amide bonds. The predicted octanol–water partition coefficient (Wildman–Crippen LogP) is 4.06. The van der Waals surface area contributed by atoms with E-state index in [1.165, 1.54) is 33.6 Å². The Labute approximate surface area is 191 Å². The van der Waals surface area contributed by atoms with Crippen molar-refractivity contribution < 1.29 is 4.74 Å². The van der Waals surface area contributed by atoms with Gasteiger partial charge in [0.2, 0.25) is 0 Å². The molecule has 0 fully saturated rings. The summed E-state index contributed by atoms with van der Waals surface area (Å²) in [4.78, 5) is 35.8. The number of thioether (sulfide) groups is 1. The summed E-state index contributed by atoms with van der Waals surface area (Å²) in [6.45, 7) is 1.96. The lowest BCUT2D eigenvalue weighted by molar-refractivity contribution is 0.411. The average molecular weight is 463 g/mol. The van der Waals surface area contributed by atoms with Crippen LogP contribution >= 0.6 is 23.1 Å². The van der Waals surface area contributed by atoms with Crippen LogP contribution in [0.5, 0.6) is 5.75 Å². The summed E-state index contributed by atoms with van der Waals surface area (Å²) in [6, 6.07) is 14.5. The van der Waals surface area contributed by atoms with Gasteiger partial charge in [-0.25, -0.2) is 9.97 Å². The molecule has 32 heavy (non-hydrogen) atoms. The standard InChI is InChI=1S/C23H18N4O3S2/c1-14-7-8-19(30-2)18(11-14)27-21(29)16-5-3-4-6-17(16)25-23(27)32-13-15-12-20(28)26-9-10-31-22(26)24-15/h3-12H,13H2,1-2H3. The van der Waals surface area contributed by atoms with Crippen molar-refractivity contribution in [2.75, 3.05) is 7.11 Å². The van der Waals surface area contributed by atoms with Crippen LogP contribution in [-0.4, -0.2) is 26.0 Å². The molecule has 0 spiro atoms. The first-order valence-electron chi connectivity index (χ1n) is 9.80. The lowest BCUT2D eigenvalue weighted by Gasteiger charge is -2.16. The number of para-hydroxylation sites is 1. The van der Waals surface area contributed by atoms with Crippen LogP contribution in [0.4, 0.5) is 0 Å². The highest BCUT2D eigenvalue weighted by molar-refractivity contribution is 7.98. The van der Waals surface area contributed by atoms with E-state index in [0.29, 0.717) is 43.9 Å². The number of hydrogen-bond acceptors (Lipinski definition) is 7. The van der Waals surface area contributed by atoms with Gasteiger partial charge in [-0.3, -0.25) is 18.6 Å². The van der Waals surface area contributed by atoms with Gasteiger partial charge in [-0.2, -0.15) is 0 Å². The molecule has 9 heteroatoms. The molecule has 5 rings (SSSR count). The van der Waals surface area contributed by atoms with Crippen molar-refractivity contribution in [3.63, 3.8) is 0 Å². The van der Waals surface area contributed by atoms with E-state index in [1.807, 2.05) is 48.7 Å². The monoisotopic (exact) mass is 462 g/mol. The molecule has 0 atom stereocenters. The smallest absolute Gasteiger partial charge is 0.266 e. The van der Waals surface area contributed by atoms with Crippen molar-refractivity contribution in [3.05, 3.63) is 92.1 Å². The fraction of sp³-hybridized carbons (Fsp3) is 0.130. The zero-order valence-corrected chi connectivity index (χ0v) is 18.9. The molecule has 0 bridgehead atoms. The van der Waals surface area contributed by atoms with Gasteiger partial charge in [0.05, 0.1) is 29.4 Å². The van der Waals surface area contributed by atoms with Gasteiger partial charge in [0.1, 0.15) is 5.75 Å². The Kier molecular flexibility index (Phi) is 5.28. The summed E-state index contributed by atoms with van der Waals surface area (Å²) in [7, 11) is 1.58. The third kappa shape index (κ3) is 3.59. The second-order valence-electron chi connectivity index (χ2n) is 7.16. The molecule has 0 saturated carbocycles. The van der Waals surface area contributed by atoms with Gasteiger partial charge in [0, 0.05) is 23.4 Å². The van der Waals surface area contributed by atoms with Crippen molar-refractivity contribution in [2.45, 2.75) is 17.8 Å². The van der Waals surface area contributed by atoms with Crippen molar-refractivity contribution >= 4 is 39.0 Å². The minimum Gasteiger partial charge on any atom is -0.495 e. The molecule has 3 aromatic heterocycles. The van der Waals surface area contributed by atoms with Crippen LogP contribution in [0.15, 0.2) is 74.9 Å². The second kappa shape index (κ2) is 8.25. The second-order valence-corrected chi connectivity index (χ2v) is 8.97. The maximum absolute atomic E-state index is 13.5. The number of aromatic nitrogens is 4. The number of thiazole rings is 1. The Balaban J connectivity index is 1.66. The van der Waals surface area contributed by atoms with Crippen molar-refractivity contribution in [3.8, 4) is 11.4 Å². The summed E-state index contributed by atoms with van der Waals surface area (Å²) in [5.41, 5.74) is 2.56. The topological polar surface area (TPSA) is 78.5 Å². The highest BCUT2D eigenvalue weighted by Crippen LogP contribution is 2.29. The van der Waals surface area contributed by atoms with E-state index in [4.69, 9.17) is 9.72 Å². The molecular weight excluding hydrogens is 444 g/mol. The first-order chi connectivity index (χ1) is 15.5. The van der Waals surface area contributed by atoms with Gasteiger partial charge in [-0.1, -0.05) is 30.0 Å². The number of rotatable bonds is 5. The molecule has 7 nitrogen and oxygen atoms in total. The first kappa shape index (κ1) is 20.5. The van der Waals surface area contributed by atoms with Gasteiger partial charge in [-0.05, 0) is 36.8 Å². The molecule has 0 radical (unpaired) electrons. The van der Waals surface area contributed by atoms with Gasteiger partial charge < -0.3 is 4.74 Å². The molecule has 0 aliphatic rings. The van der Waals surface area contributed by atoms with E-state index >= 15 is 0 Å². The number of aryl methyl sites for hydroxylation is 1. The Morgan fingerprint density at radius 3 is 2.78 bits per heavy atom. The van der Waals surface area contributed by atoms with E-state index < -0.39 is 0 Å². The van der Waals surface area contributed by atoms with Crippen molar-refractivity contribution in [1.82, 2.24) is 18.9 Å². The molecule has 0 aliphatic carbocycles. The number of ether oxygens (including phenoxy) is 1. The zero-order valence-electron chi connectivity index (χ0n) is 17.3. The van der Waals surface area contributed by atoms with Crippen LogP contribution in [0.25, 0.3) is 21.6 Å². The minimum atomic E-state index is -0.177. The van der Waals surface area contributed by atoms with E-state index in [9.17, 15) is 9.59 Å². The molecule has 2 aromatic carbocycles. The summed E-state index contributed by atoms with van der Waals surface area (Å²) in [5.74, 6) is 0.968. The normalized spacial score (nSPS) is 11.3. The first-order valence-corrected chi connectivity index (χ1v) is 11.7. The SMILES string of the molecule is COc1ccc(C)cc1-n1c(SCc2cc(=O)n3ccsc3n2)nc2ccccc2c1=O. The summed E-state index contributed by atoms with van der Waals surface area (Å²) < 4.78 is 8.64. The lowest BCUT2D eigenvalue weighted by atomic mass is 10.2. The molecule has 0 aliphatic heterocycles. The Bertz CT molecular complexity index is 1590. The fourth-order valence-electron chi connectivity index (χ4n) is 3.50. The summed E-state index contributed by atoms with van der Waals surface area (Å²) in [5, 5.41) is 2.86. The third-order valence-corrected chi connectivity index (χ3v) is 6.75. The summed E-state index contributed by atoms with van der Waals surface area (Å²) in [6.07, 6.45) is 1.71. The molecular formula is C23H18N4O3S2.